The molecule has 0 saturated carbocycles. The number of aryl methyl sites for hydroxylation is 1. The Labute approximate surface area is 83.8 Å². The van der Waals surface area contributed by atoms with E-state index in [4.69, 9.17) is 0 Å². The standard InChI is InChI=1S/C10H16N2O2/c1-6-8(13)7(2)12(14)9(11-6)10(3,4)5/h13H,1-5H3. The average molecular weight is 196 g/mol. The molecule has 1 aromatic rings. The van der Waals surface area contributed by atoms with Crippen molar-refractivity contribution in [1.82, 2.24) is 4.98 Å². The van der Waals surface area contributed by atoms with Crippen LogP contribution in [0, 0.1) is 19.1 Å². The number of aromatic nitrogens is 2. The van der Waals surface area contributed by atoms with Crippen LogP contribution in [0.5, 0.6) is 5.75 Å². The third-order valence-corrected chi connectivity index (χ3v) is 2.13. The molecule has 1 rings (SSSR count). The number of rotatable bonds is 0. The molecule has 1 aromatic heterocycles. The lowest BCUT2D eigenvalue weighted by Crippen LogP contribution is -2.42. The Morgan fingerprint density at radius 3 is 2.21 bits per heavy atom. The lowest BCUT2D eigenvalue weighted by Gasteiger charge is -2.19. The minimum absolute atomic E-state index is 0.0204. The average Bonchev–Trinajstić information content (AvgIpc) is 2.06. The molecule has 0 saturated heterocycles. The second-order valence-corrected chi connectivity index (χ2v) is 4.50. The molecule has 78 valence electrons. The predicted octanol–water partition coefficient (Wildman–Crippen LogP) is 1.33. The molecular formula is C10H16N2O2. The van der Waals surface area contributed by atoms with Crippen LogP contribution in [0.2, 0.25) is 0 Å². The third kappa shape index (κ3) is 1.64. The van der Waals surface area contributed by atoms with E-state index in [1.54, 1.807) is 13.8 Å². The molecule has 4 nitrogen and oxygen atoms in total. The maximum absolute atomic E-state index is 11.7. The summed E-state index contributed by atoms with van der Waals surface area (Å²) in [5, 5.41) is 21.2. The molecule has 0 bridgehead atoms. The summed E-state index contributed by atoms with van der Waals surface area (Å²) < 4.78 is 0.697. The zero-order valence-corrected chi connectivity index (χ0v) is 9.25. The van der Waals surface area contributed by atoms with Crippen molar-refractivity contribution in [3.8, 4) is 5.75 Å². The quantitative estimate of drug-likeness (QED) is 0.503. The van der Waals surface area contributed by atoms with Gasteiger partial charge >= 0.3 is 5.82 Å². The van der Waals surface area contributed by atoms with Crippen molar-refractivity contribution in [2.24, 2.45) is 0 Å². The Balaban J connectivity index is 3.49. The van der Waals surface area contributed by atoms with Crippen molar-refractivity contribution < 1.29 is 9.84 Å². The molecule has 0 atom stereocenters. The first-order chi connectivity index (χ1) is 6.25. The maximum Gasteiger partial charge on any atom is 0.307 e. The molecule has 14 heavy (non-hydrogen) atoms. The van der Waals surface area contributed by atoms with Gasteiger partial charge < -0.3 is 10.3 Å². The molecule has 0 unspecified atom stereocenters. The molecule has 0 aliphatic rings. The highest BCUT2D eigenvalue weighted by molar-refractivity contribution is 5.27. The summed E-state index contributed by atoms with van der Waals surface area (Å²) in [6, 6.07) is 0. The summed E-state index contributed by atoms with van der Waals surface area (Å²) in [6.45, 7) is 9.03. The van der Waals surface area contributed by atoms with Gasteiger partial charge in [0.05, 0.1) is 5.41 Å². The number of hydrogen-bond donors (Lipinski definition) is 1. The van der Waals surface area contributed by atoms with Crippen molar-refractivity contribution in [3.05, 3.63) is 22.4 Å². The second kappa shape index (κ2) is 3.12. The zero-order valence-electron chi connectivity index (χ0n) is 9.25. The van der Waals surface area contributed by atoms with Crippen molar-refractivity contribution >= 4 is 0 Å². The summed E-state index contributed by atoms with van der Waals surface area (Å²) >= 11 is 0. The molecule has 0 aliphatic heterocycles. The van der Waals surface area contributed by atoms with Crippen LogP contribution >= 0.6 is 0 Å². The highest BCUT2D eigenvalue weighted by Gasteiger charge is 2.29. The van der Waals surface area contributed by atoms with Crippen LogP contribution in [0.3, 0.4) is 0 Å². The molecule has 4 heteroatoms. The van der Waals surface area contributed by atoms with Crippen LogP contribution in [-0.2, 0) is 5.41 Å². The van der Waals surface area contributed by atoms with Crippen LogP contribution in [0.4, 0.5) is 0 Å². The fourth-order valence-corrected chi connectivity index (χ4v) is 1.25. The molecule has 0 aliphatic carbocycles. The van der Waals surface area contributed by atoms with E-state index in [1.807, 2.05) is 20.8 Å². The lowest BCUT2D eigenvalue weighted by atomic mass is 9.95. The van der Waals surface area contributed by atoms with Crippen LogP contribution in [0.15, 0.2) is 0 Å². The maximum atomic E-state index is 11.7. The van der Waals surface area contributed by atoms with Gasteiger partial charge in [-0.15, -0.1) is 0 Å². The monoisotopic (exact) mass is 196 g/mol. The van der Waals surface area contributed by atoms with Gasteiger partial charge in [-0.05, 0) is 25.8 Å². The van der Waals surface area contributed by atoms with Gasteiger partial charge in [0.25, 0.3) is 0 Å². The molecule has 0 amide bonds. The second-order valence-electron chi connectivity index (χ2n) is 4.50. The molecule has 0 fully saturated rings. The molecular weight excluding hydrogens is 180 g/mol. The Hall–Kier alpha value is -1.32. The summed E-state index contributed by atoms with van der Waals surface area (Å²) in [5.74, 6) is 0.415. The van der Waals surface area contributed by atoms with Gasteiger partial charge in [-0.25, -0.2) is 4.73 Å². The predicted molar refractivity (Wildman–Crippen MR) is 53.0 cm³/mol. The SMILES string of the molecule is Cc1nc(C(C)(C)C)[n+]([O-])c(C)c1O. The van der Waals surface area contributed by atoms with E-state index in [-0.39, 0.29) is 11.2 Å². The fraction of sp³-hybridized carbons (Fsp3) is 0.600. The van der Waals surface area contributed by atoms with Crippen molar-refractivity contribution in [3.63, 3.8) is 0 Å². The normalized spacial score (nSPS) is 11.8. The minimum atomic E-state index is -0.315. The van der Waals surface area contributed by atoms with E-state index in [1.165, 1.54) is 0 Å². The van der Waals surface area contributed by atoms with E-state index in [2.05, 4.69) is 4.98 Å². The minimum Gasteiger partial charge on any atom is -0.710 e. The van der Waals surface area contributed by atoms with Gasteiger partial charge in [-0.3, -0.25) is 0 Å². The van der Waals surface area contributed by atoms with Gasteiger partial charge in [0.1, 0.15) is 5.69 Å². The van der Waals surface area contributed by atoms with E-state index in [0.717, 1.165) is 0 Å². The van der Waals surface area contributed by atoms with Crippen LogP contribution in [0.25, 0.3) is 0 Å². The van der Waals surface area contributed by atoms with E-state index >= 15 is 0 Å². The highest BCUT2D eigenvalue weighted by atomic mass is 16.5. The van der Waals surface area contributed by atoms with Gasteiger partial charge in [0, 0.05) is 13.8 Å². The van der Waals surface area contributed by atoms with Crippen LogP contribution in [0.1, 0.15) is 38.0 Å². The van der Waals surface area contributed by atoms with Gasteiger partial charge in [0.15, 0.2) is 5.69 Å². The van der Waals surface area contributed by atoms with Gasteiger partial charge in [0.2, 0.25) is 5.75 Å². The molecule has 0 aromatic carbocycles. The van der Waals surface area contributed by atoms with Crippen molar-refractivity contribution in [2.45, 2.75) is 40.0 Å². The fourth-order valence-electron chi connectivity index (χ4n) is 1.25. The number of hydrogen-bond acceptors (Lipinski definition) is 3. The molecule has 1 heterocycles. The smallest absolute Gasteiger partial charge is 0.307 e. The summed E-state index contributed by atoms with van der Waals surface area (Å²) in [7, 11) is 0. The Kier molecular flexibility index (Phi) is 2.39. The first-order valence-electron chi connectivity index (χ1n) is 4.55. The first kappa shape index (κ1) is 10.8. The van der Waals surface area contributed by atoms with Crippen LogP contribution < -0.4 is 4.73 Å². The number of nitrogens with zero attached hydrogens (tertiary/aromatic N) is 2. The Bertz CT molecular complexity index is 367. The Morgan fingerprint density at radius 2 is 1.79 bits per heavy atom. The molecule has 0 spiro atoms. The summed E-state index contributed by atoms with van der Waals surface area (Å²) in [6.07, 6.45) is 0. The van der Waals surface area contributed by atoms with Gasteiger partial charge in [-0.1, -0.05) is 0 Å². The first-order valence-corrected chi connectivity index (χ1v) is 4.55. The largest absolute Gasteiger partial charge is 0.710 e. The van der Waals surface area contributed by atoms with Gasteiger partial charge in [-0.2, -0.15) is 0 Å². The summed E-state index contributed by atoms with van der Waals surface area (Å²) in [4.78, 5) is 4.10. The van der Waals surface area contributed by atoms with Crippen LogP contribution in [-0.4, -0.2) is 10.1 Å². The molecule has 0 radical (unpaired) electrons. The number of aromatic hydroxyl groups is 1. The van der Waals surface area contributed by atoms with E-state index < -0.39 is 0 Å². The third-order valence-electron chi connectivity index (χ3n) is 2.13. The zero-order chi connectivity index (χ0) is 11.1. The van der Waals surface area contributed by atoms with Crippen molar-refractivity contribution in [2.75, 3.05) is 0 Å². The topological polar surface area (TPSA) is 60.1 Å². The summed E-state index contributed by atoms with van der Waals surface area (Å²) in [5.41, 5.74) is 0.493. The highest BCUT2D eigenvalue weighted by Crippen LogP contribution is 2.22. The van der Waals surface area contributed by atoms with E-state index in [0.29, 0.717) is 21.9 Å². The lowest BCUT2D eigenvalue weighted by molar-refractivity contribution is -0.628. The van der Waals surface area contributed by atoms with Crippen molar-refractivity contribution in [1.29, 1.82) is 0 Å². The Morgan fingerprint density at radius 1 is 1.29 bits per heavy atom. The molecule has 1 N–H and O–H groups in total. The van der Waals surface area contributed by atoms with E-state index in [9.17, 15) is 10.3 Å².